The first-order valence-electron chi connectivity index (χ1n) is 5.39. The van der Waals surface area contributed by atoms with E-state index >= 15 is 0 Å². The lowest BCUT2D eigenvalue weighted by Crippen LogP contribution is -2.41. The van der Waals surface area contributed by atoms with Crippen LogP contribution in [0.5, 0.6) is 0 Å². The Morgan fingerprint density at radius 2 is 2.23 bits per heavy atom. The Labute approximate surface area is 78.8 Å². The highest BCUT2D eigenvalue weighted by Crippen LogP contribution is 2.49. The van der Waals surface area contributed by atoms with Gasteiger partial charge in [-0.2, -0.15) is 0 Å². The van der Waals surface area contributed by atoms with Gasteiger partial charge in [-0.25, -0.2) is 0 Å². The molecule has 0 aromatic rings. The third-order valence-electron chi connectivity index (χ3n) is 4.10. The zero-order chi connectivity index (χ0) is 8.84. The molecule has 1 heterocycles. The highest BCUT2D eigenvalue weighted by Gasteiger charge is 2.43. The van der Waals surface area contributed by atoms with Gasteiger partial charge in [-0.3, -0.25) is 4.99 Å². The molecule has 4 atom stereocenters. The number of rotatable bonds is 1. The van der Waals surface area contributed by atoms with E-state index < -0.39 is 0 Å². The van der Waals surface area contributed by atoms with Gasteiger partial charge in [-0.15, -0.1) is 0 Å². The molecule has 2 saturated carbocycles. The van der Waals surface area contributed by atoms with Crippen molar-refractivity contribution in [3.8, 4) is 0 Å². The molecule has 3 N–H and O–H groups in total. The molecule has 2 fully saturated rings. The summed E-state index contributed by atoms with van der Waals surface area (Å²) in [4.78, 5) is 4.23. The first kappa shape index (κ1) is 7.65. The first-order valence-corrected chi connectivity index (χ1v) is 5.39. The van der Waals surface area contributed by atoms with Gasteiger partial charge < -0.3 is 11.1 Å². The summed E-state index contributed by atoms with van der Waals surface area (Å²) < 4.78 is 0. The second-order valence-corrected chi connectivity index (χ2v) is 4.82. The van der Waals surface area contributed by atoms with Crippen molar-refractivity contribution < 1.29 is 0 Å². The first-order chi connectivity index (χ1) is 6.33. The highest BCUT2D eigenvalue weighted by molar-refractivity contribution is 5.79. The maximum absolute atomic E-state index is 5.63. The second-order valence-electron chi connectivity index (χ2n) is 4.82. The molecule has 0 amide bonds. The highest BCUT2D eigenvalue weighted by atomic mass is 15.2. The smallest absolute Gasteiger partial charge is 0.188 e. The van der Waals surface area contributed by atoms with E-state index in [0.717, 1.165) is 24.3 Å². The van der Waals surface area contributed by atoms with E-state index in [2.05, 4.69) is 10.3 Å². The molecule has 3 aliphatic rings. The zero-order valence-electron chi connectivity index (χ0n) is 7.87. The van der Waals surface area contributed by atoms with Crippen molar-refractivity contribution in [1.29, 1.82) is 0 Å². The molecule has 2 aliphatic carbocycles. The van der Waals surface area contributed by atoms with E-state index in [-0.39, 0.29) is 0 Å². The fraction of sp³-hybridized carbons (Fsp3) is 0.900. The van der Waals surface area contributed by atoms with Gasteiger partial charge in [0.15, 0.2) is 5.96 Å². The Kier molecular flexibility index (Phi) is 1.55. The van der Waals surface area contributed by atoms with E-state index in [9.17, 15) is 0 Å². The van der Waals surface area contributed by atoms with E-state index in [4.69, 9.17) is 5.73 Å². The van der Waals surface area contributed by atoms with Crippen molar-refractivity contribution >= 4 is 5.96 Å². The van der Waals surface area contributed by atoms with Crippen LogP contribution in [-0.4, -0.2) is 18.5 Å². The lowest BCUT2D eigenvalue weighted by molar-refractivity contribution is 0.277. The Morgan fingerprint density at radius 1 is 1.31 bits per heavy atom. The lowest BCUT2D eigenvalue weighted by Gasteiger charge is -2.27. The summed E-state index contributed by atoms with van der Waals surface area (Å²) in [5, 5.41) is 3.31. The van der Waals surface area contributed by atoms with E-state index in [1.807, 2.05) is 0 Å². The van der Waals surface area contributed by atoms with Crippen LogP contribution in [0.25, 0.3) is 0 Å². The van der Waals surface area contributed by atoms with Gasteiger partial charge in [0.25, 0.3) is 0 Å². The van der Waals surface area contributed by atoms with Crippen molar-refractivity contribution in [3.63, 3.8) is 0 Å². The minimum Gasteiger partial charge on any atom is -0.370 e. The standard InChI is InChI=1S/C10H17N3/c11-10-12-5-9(13-10)8-4-6-1-2-7(8)3-6/h6-9H,1-5H2,(H3,11,12,13). The Balaban J connectivity index is 1.68. The van der Waals surface area contributed by atoms with Crippen LogP contribution in [-0.2, 0) is 0 Å². The molecule has 13 heavy (non-hydrogen) atoms. The maximum atomic E-state index is 5.63. The summed E-state index contributed by atoms with van der Waals surface area (Å²) in [6.45, 7) is 0.916. The monoisotopic (exact) mass is 179 g/mol. The summed E-state index contributed by atoms with van der Waals surface area (Å²) >= 11 is 0. The van der Waals surface area contributed by atoms with Crippen LogP contribution in [0, 0.1) is 17.8 Å². The van der Waals surface area contributed by atoms with Gasteiger partial charge in [0.2, 0.25) is 0 Å². The zero-order valence-corrected chi connectivity index (χ0v) is 7.87. The lowest BCUT2D eigenvalue weighted by atomic mass is 9.83. The number of aliphatic imine (C=N–C) groups is 1. The Hall–Kier alpha value is -0.730. The van der Waals surface area contributed by atoms with Crippen LogP contribution >= 0.6 is 0 Å². The summed E-state index contributed by atoms with van der Waals surface area (Å²) in [6.07, 6.45) is 5.82. The van der Waals surface area contributed by atoms with Gasteiger partial charge in [0, 0.05) is 0 Å². The minimum atomic E-state index is 0.565. The number of nitrogens with one attached hydrogen (secondary N) is 1. The average Bonchev–Trinajstić information content (AvgIpc) is 2.77. The van der Waals surface area contributed by atoms with Gasteiger partial charge in [0.05, 0.1) is 12.6 Å². The summed E-state index contributed by atoms with van der Waals surface area (Å²) in [6, 6.07) is 0.565. The van der Waals surface area contributed by atoms with Crippen molar-refractivity contribution in [2.24, 2.45) is 28.5 Å². The number of guanidine groups is 1. The third-order valence-corrected chi connectivity index (χ3v) is 4.10. The van der Waals surface area contributed by atoms with E-state index in [0.29, 0.717) is 12.0 Å². The van der Waals surface area contributed by atoms with Crippen molar-refractivity contribution in [2.45, 2.75) is 31.7 Å². The largest absolute Gasteiger partial charge is 0.370 e. The molecule has 0 aromatic carbocycles. The molecule has 0 radical (unpaired) electrons. The molecular weight excluding hydrogens is 162 g/mol. The summed E-state index contributed by atoms with van der Waals surface area (Å²) in [7, 11) is 0. The molecule has 0 spiro atoms. The number of fused-ring (bicyclic) bond motifs is 2. The molecule has 0 saturated heterocycles. The predicted molar refractivity (Wildman–Crippen MR) is 52.4 cm³/mol. The summed E-state index contributed by atoms with van der Waals surface area (Å²) in [5.41, 5.74) is 5.63. The Bertz CT molecular complexity index is 249. The SMILES string of the molecule is NC1=NCC(C2CC3CCC2C3)N1. The molecule has 1 aliphatic heterocycles. The molecule has 4 unspecified atom stereocenters. The van der Waals surface area contributed by atoms with Gasteiger partial charge in [-0.05, 0) is 37.0 Å². The van der Waals surface area contributed by atoms with E-state index in [1.54, 1.807) is 0 Å². The predicted octanol–water partition coefficient (Wildman–Crippen LogP) is 0.709. The molecule has 72 valence electrons. The van der Waals surface area contributed by atoms with E-state index in [1.165, 1.54) is 25.7 Å². The quantitative estimate of drug-likeness (QED) is 0.623. The van der Waals surface area contributed by atoms with Crippen LogP contribution in [0.1, 0.15) is 25.7 Å². The van der Waals surface area contributed by atoms with Crippen molar-refractivity contribution in [1.82, 2.24) is 5.32 Å². The fourth-order valence-corrected chi connectivity index (χ4v) is 3.51. The molecule has 3 nitrogen and oxygen atoms in total. The minimum absolute atomic E-state index is 0.565. The van der Waals surface area contributed by atoms with Gasteiger partial charge in [-0.1, -0.05) is 6.42 Å². The third kappa shape index (κ3) is 1.13. The number of nitrogens with two attached hydrogens (primary N) is 1. The van der Waals surface area contributed by atoms with Crippen molar-refractivity contribution in [2.75, 3.05) is 6.54 Å². The molecule has 0 aromatic heterocycles. The number of hydrogen-bond donors (Lipinski definition) is 2. The van der Waals surface area contributed by atoms with Crippen LogP contribution in [0.2, 0.25) is 0 Å². The second kappa shape index (κ2) is 2.63. The topological polar surface area (TPSA) is 50.4 Å². The number of hydrogen-bond acceptors (Lipinski definition) is 3. The normalized spacial score (nSPS) is 47.8. The fourth-order valence-electron chi connectivity index (χ4n) is 3.51. The molecule has 2 bridgehead atoms. The molecular formula is C10H17N3. The molecule has 3 heteroatoms. The molecule has 3 rings (SSSR count). The Morgan fingerprint density at radius 3 is 2.77 bits per heavy atom. The van der Waals surface area contributed by atoms with Crippen LogP contribution < -0.4 is 11.1 Å². The van der Waals surface area contributed by atoms with Crippen molar-refractivity contribution in [3.05, 3.63) is 0 Å². The van der Waals surface area contributed by atoms with Gasteiger partial charge in [0.1, 0.15) is 0 Å². The van der Waals surface area contributed by atoms with Gasteiger partial charge >= 0.3 is 0 Å². The van der Waals surface area contributed by atoms with Crippen LogP contribution in [0.15, 0.2) is 4.99 Å². The van der Waals surface area contributed by atoms with Crippen LogP contribution in [0.3, 0.4) is 0 Å². The summed E-state index contributed by atoms with van der Waals surface area (Å²) in [5.74, 6) is 3.53. The average molecular weight is 179 g/mol. The maximum Gasteiger partial charge on any atom is 0.188 e. The van der Waals surface area contributed by atoms with Crippen LogP contribution in [0.4, 0.5) is 0 Å². The number of nitrogens with zero attached hydrogens (tertiary/aromatic N) is 1.